The zero-order valence-corrected chi connectivity index (χ0v) is 15.0. The van der Waals surface area contributed by atoms with Crippen molar-refractivity contribution < 1.29 is 23.9 Å². The molecule has 28 heavy (non-hydrogen) atoms. The van der Waals surface area contributed by atoms with Gasteiger partial charge in [0.05, 0.1) is 16.7 Å². The maximum absolute atomic E-state index is 12.3. The normalized spacial score (nSPS) is 12.5. The number of rotatable bonds is 7. The van der Waals surface area contributed by atoms with Gasteiger partial charge in [-0.2, -0.15) is 0 Å². The van der Waals surface area contributed by atoms with Gasteiger partial charge in [-0.15, -0.1) is 6.58 Å². The Bertz CT molecular complexity index is 953. The lowest BCUT2D eigenvalue weighted by molar-refractivity contribution is -0.124. The molecule has 0 spiro atoms. The smallest absolute Gasteiger partial charge is 0.338 e. The molecule has 1 N–H and O–H groups in total. The van der Waals surface area contributed by atoms with Gasteiger partial charge in [0.1, 0.15) is 0 Å². The molecule has 2 aromatic carbocycles. The van der Waals surface area contributed by atoms with Crippen LogP contribution in [0, 0.1) is 0 Å². The van der Waals surface area contributed by atoms with Gasteiger partial charge in [0.2, 0.25) is 0 Å². The van der Waals surface area contributed by atoms with E-state index in [1.165, 1.54) is 24.3 Å². The first-order valence-electron chi connectivity index (χ1n) is 8.60. The third kappa shape index (κ3) is 3.98. The highest BCUT2D eigenvalue weighted by molar-refractivity contribution is 6.22. The van der Waals surface area contributed by atoms with Crippen molar-refractivity contribution in [2.75, 3.05) is 13.2 Å². The van der Waals surface area contributed by atoms with Crippen molar-refractivity contribution in [3.8, 4) is 0 Å². The molecule has 0 fully saturated rings. The molecule has 1 heterocycles. The molecule has 1 aliphatic rings. The van der Waals surface area contributed by atoms with Gasteiger partial charge in [-0.3, -0.25) is 19.3 Å². The van der Waals surface area contributed by atoms with E-state index >= 15 is 0 Å². The van der Waals surface area contributed by atoms with Gasteiger partial charge in [-0.25, -0.2) is 4.79 Å². The van der Waals surface area contributed by atoms with Gasteiger partial charge in [0.15, 0.2) is 6.61 Å². The van der Waals surface area contributed by atoms with E-state index in [1.807, 2.05) is 30.3 Å². The van der Waals surface area contributed by atoms with Gasteiger partial charge in [-0.1, -0.05) is 36.4 Å². The molecule has 3 rings (SSSR count). The zero-order valence-electron chi connectivity index (χ0n) is 15.0. The molecule has 0 atom stereocenters. The molecular weight excluding hydrogens is 360 g/mol. The van der Waals surface area contributed by atoms with Crippen LogP contribution in [0.3, 0.4) is 0 Å². The van der Waals surface area contributed by atoms with Crippen LogP contribution in [0.5, 0.6) is 0 Å². The lowest BCUT2D eigenvalue weighted by Crippen LogP contribution is -2.29. The van der Waals surface area contributed by atoms with Crippen molar-refractivity contribution in [2.24, 2.45) is 0 Å². The van der Waals surface area contributed by atoms with Crippen LogP contribution in [0.4, 0.5) is 0 Å². The summed E-state index contributed by atoms with van der Waals surface area (Å²) in [6.45, 7) is 3.49. The number of carbonyl (C=O) groups is 4. The van der Waals surface area contributed by atoms with Crippen molar-refractivity contribution in [2.45, 2.75) is 6.54 Å². The Morgan fingerprint density at radius 2 is 1.75 bits per heavy atom. The molecule has 0 saturated carbocycles. The van der Waals surface area contributed by atoms with Crippen LogP contribution in [0.2, 0.25) is 0 Å². The maximum Gasteiger partial charge on any atom is 0.338 e. The highest BCUT2D eigenvalue weighted by Gasteiger charge is 2.35. The molecule has 0 aliphatic carbocycles. The summed E-state index contributed by atoms with van der Waals surface area (Å²) in [4.78, 5) is 49.6. The average molecular weight is 378 g/mol. The predicted octanol–water partition coefficient (Wildman–Crippen LogP) is 1.94. The van der Waals surface area contributed by atoms with E-state index in [0.29, 0.717) is 6.54 Å². The van der Waals surface area contributed by atoms with Crippen LogP contribution in [0.15, 0.2) is 61.2 Å². The Hall–Kier alpha value is -3.74. The third-order valence-electron chi connectivity index (χ3n) is 4.18. The van der Waals surface area contributed by atoms with Crippen LogP contribution < -0.4 is 5.32 Å². The van der Waals surface area contributed by atoms with Gasteiger partial charge < -0.3 is 10.1 Å². The second-order valence-corrected chi connectivity index (χ2v) is 6.11. The fraction of sp³-hybridized carbons (Fsp3) is 0.143. The maximum atomic E-state index is 12.3. The van der Waals surface area contributed by atoms with E-state index in [2.05, 4.69) is 11.9 Å². The number of ether oxygens (including phenoxy) is 1. The molecule has 7 heteroatoms. The second kappa shape index (κ2) is 8.30. The molecule has 3 amide bonds. The second-order valence-electron chi connectivity index (χ2n) is 6.11. The number of benzene rings is 2. The van der Waals surface area contributed by atoms with Gasteiger partial charge in [-0.05, 0) is 23.8 Å². The topological polar surface area (TPSA) is 92.8 Å². The highest BCUT2D eigenvalue weighted by Crippen LogP contribution is 2.24. The van der Waals surface area contributed by atoms with Crippen LogP contribution in [-0.2, 0) is 16.1 Å². The fourth-order valence-corrected chi connectivity index (χ4v) is 2.77. The van der Waals surface area contributed by atoms with Gasteiger partial charge in [0, 0.05) is 13.1 Å². The monoisotopic (exact) mass is 378 g/mol. The summed E-state index contributed by atoms with van der Waals surface area (Å²) in [6, 6.07) is 13.4. The summed E-state index contributed by atoms with van der Waals surface area (Å²) >= 11 is 0. The molecule has 1 aliphatic heterocycles. The highest BCUT2D eigenvalue weighted by atomic mass is 16.5. The van der Waals surface area contributed by atoms with Crippen molar-refractivity contribution in [3.63, 3.8) is 0 Å². The Balaban J connectivity index is 1.58. The summed E-state index contributed by atoms with van der Waals surface area (Å²) in [5.41, 5.74) is 1.38. The number of amides is 3. The Morgan fingerprint density at radius 1 is 1.04 bits per heavy atom. The average Bonchev–Trinajstić information content (AvgIpc) is 2.96. The number of fused-ring (bicyclic) bond motifs is 1. The SMILES string of the molecule is C=CCN1C(=O)c2ccc(C(=O)OCC(=O)NCc3ccccc3)cc2C1=O. The van der Waals surface area contributed by atoms with Crippen molar-refractivity contribution >= 4 is 23.7 Å². The Morgan fingerprint density at radius 3 is 2.46 bits per heavy atom. The molecule has 142 valence electrons. The van der Waals surface area contributed by atoms with E-state index in [0.717, 1.165) is 10.5 Å². The third-order valence-corrected chi connectivity index (χ3v) is 4.18. The van der Waals surface area contributed by atoms with Gasteiger partial charge in [0.25, 0.3) is 17.7 Å². The first-order chi connectivity index (χ1) is 13.5. The van der Waals surface area contributed by atoms with E-state index in [-0.39, 0.29) is 23.2 Å². The quantitative estimate of drug-likeness (QED) is 0.452. The van der Waals surface area contributed by atoms with Gasteiger partial charge >= 0.3 is 5.97 Å². The Kier molecular flexibility index (Phi) is 5.64. The number of esters is 1. The zero-order chi connectivity index (χ0) is 20.1. The first kappa shape index (κ1) is 19.0. The minimum absolute atomic E-state index is 0.0910. The number of nitrogens with one attached hydrogen (secondary N) is 1. The molecule has 0 aromatic heterocycles. The minimum atomic E-state index is -0.750. The summed E-state index contributed by atoms with van der Waals surface area (Å²) in [7, 11) is 0. The summed E-state index contributed by atoms with van der Waals surface area (Å²) in [5.74, 6) is -2.11. The van der Waals surface area contributed by atoms with E-state index < -0.39 is 30.3 Å². The molecule has 0 radical (unpaired) electrons. The largest absolute Gasteiger partial charge is 0.452 e. The van der Waals surface area contributed by atoms with Crippen molar-refractivity contribution in [1.29, 1.82) is 0 Å². The predicted molar refractivity (Wildman–Crippen MR) is 101 cm³/mol. The van der Waals surface area contributed by atoms with E-state index in [4.69, 9.17) is 4.74 Å². The lowest BCUT2D eigenvalue weighted by atomic mass is 10.1. The standard InChI is InChI=1S/C21H18N2O5/c1-2-10-23-19(25)16-9-8-15(11-17(16)20(23)26)21(27)28-13-18(24)22-12-14-6-4-3-5-7-14/h2-9,11H,1,10,12-13H2,(H,22,24). The molecule has 2 aromatic rings. The summed E-state index contributed by atoms with van der Waals surface area (Å²) in [5, 5.41) is 2.65. The number of hydrogen-bond acceptors (Lipinski definition) is 5. The number of imide groups is 1. The van der Waals surface area contributed by atoms with Crippen LogP contribution in [0.1, 0.15) is 36.6 Å². The van der Waals surface area contributed by atoms with Crippen molar-refractivity contribution in [3.05, 3.63) is 83.4 Å². The lowest BCUT2D eigenvalue weighted by Gasteiger charge is -2.09. The van der Waals surface area contributed by atoms with Crippen molar-refractivity contribution in [1.82, 2.24) is 10.2 Å². The Labute approximate surface area is 161 Å². The molecule has 7 nitrogen and oxygen atoms in total. The minimum Gasteiger partial charge on any atom is -0.452 e. The summed E-state index contributed by atoms with van der Waals surface area (Å²) < 4.78 is 5.00. The van der Waals surface area contributed by atoms with Crippen LogP contribution >= 0.6 is 0 Å². The number of nitrogens with zero attached hydrogens (tertiary/aromatic N) is 1. The first-order valence-corrected chi connectivity index (χ1v) is 8.60. The fourth-order valence-electron chi connectivity index (χ4n) is 2.77. The molecule has 0 bridgehead atoms. The number of hydrogen-bond donors (Lipinski definition) is 1. The van der Waals surface area contributed by atoms with Crippen LogP contribution in [0.25, 0.3) is 0 Å². The van der Waals surface area contributed by atoms with E-state index in [1.54, 1.807) is 0 Å². The summed E-state index contributed by atoms with van der Waals surface area (Å²) in [6.07, 6.45) is 1.45. The molecule has 0 saturated heterocycles. The van der Waals surface area contributed by atoms with Crippen LogP contribution in [-0.4, -0.2) is 41.7 Å². The molecular formula is C21H18N2O5. The van der Waals surface area contributed by atoms with E-state index in [9.17, 15) is 19.2 Å². The molecule has 0 unspecified atom stereocenters. The number of carbonyl (C=O) groups excluding carboxylic acids is 4.